The lowest BCUT2D eigenvalue weighted by Crippen LogP contribution is -2.25. The highest BCUT2D eigenvalue weighted by Gasteiger charge is 2.37. The molecule has 0 saturated heterocycles. The van der Waals surface area contributed by atoms with Gasteiger partial charge in [-0.3, -0.25) is 0 Å². The smallest absolute Gasteiger partial charge is 0.337 e. The van der Waals surface area contributed by atoms with E-state index in [2.05, 4.69) is 4.98 Å². The van der Waals surface area contributed by atoms with Crippen LogP contribution in [0.15, 0.2) is 40.1 Å². The van der Waals surface area contributed by atoms with Crippen molar-refractivity contribution in [3.63, 3.8) is 0 Å². The van der Waals surface area contributed by atoms with Gasteiger partial charge < -0.3 is 8.98 Å². The molecule has 0 aliphatic heterocycles. The summed E-state index contributed by atoms with van der Waals surface area (Å²) in [5, 5.41) is 0. The van der Waals surface area contributed by atoms with Crippen LogP contribution in [0.3, 0.4) is 0 Å². The SMILES string of the molecule is O=c1cc(-n2ccnc2)cc(C2CCCC(F)(F)C2)o1. The highest BCUT2D eigenvalue weighted by Crippen LogP contribution is 2.41. The standard InChI is InChI=1S/C14H14F2N2O2/c15-14(16)3-1-2-10(8-14)12-6-11(7-13(19)20-12)18-5-4-17-9-18/h4-7,9-10H,1-3,8H2. The average molecular weight is 280 g/mol. The molecule has 1 unspecified atom stereocenters. The highest BCUT2D eigenvalue weighted by atomic mass is 19.3. The topological polar surface area (TPSA) is 48.0 Å². The van der Waals surface area contributed by atoms with Crippen LogP contribution in [-0.4, -0.2) is 15.5 Å². The number of imidazole rings is 1. The lowest BCUT2D eigenvalue weighted by Gasteiger charge is -2.28. The summed E-state index contributed by atoms with van der Waals surface area (Å²) in [5.41, 5.74) is 0.0581. The maximum Gasteiger partial charge on any atom is 0.337 e. The molecule has 3 rings (SSSR count). The van der Waals surface area contributed by atoms with Gasteiger partial charge >= 0.3 is 5.63 Å². The fraction of sp³-hybridized carbons (Fsp3) is 0.429. The summed E-state index contributed by atoms with van der Waals surface area (Å²) in [6.45, 7) is 0. The zero-order chi connectivity index (χ0) is 14.2. The molecule has 0 radical (unpaired) electrons. The van der Waals surface area contributed by atoms with Crippen molar-refractivity contribution in [3.8, 4) is 5.69 Å². The fourth-order valence-corrected chi connectivity index (χ4v) is 2.66. The van der Waals surface area contributed by atoms with Crippen LogP contribution in [0.25, 0.3) is 5.69 Å². The Morgan fingerprint density at radius 2 is 2.25 bits per heavy atom. The molecular weight excluding hydrogens is 266 g/mol. The Morgan fingerprint density at radius 3 is 2.95 bits per heavy atom. The Kier molecular flexibility index (Phi) is 3.16. The quantitative estimate of drug-likeness (QED) is 0.849. The van der Waals surface area contributed by atoms with Crippen molar-refractivity contribution in [2.75, 3.05) is 0 Å². The van der Waals surface area contributed by atoms with Gasteiger partial charge in [-0.25, -0.2) is 18.6 Å². The van der Waals surface area contributed by atoms with Crippen LogP contribution in [0.5, 0.6) is 0 Å². The largest absolute Gasteiger partial charge is 0.427 e. The molecule has 2 heterocycles. The van der Waals surface area contributed by atoms with Gasteiger partial charge in [0.1, 0.15) is 5.76 Å². The van der Waals surface area contributed by atoms with Gasteiger partial charge in [0.15, 0.2) is 0 Å². The molecule has 0 bridgehead atoms. The second-order valence-electron chi connectivity index (χ2n) is 5.16. The molecule has 2 aromatic heterocycles. The normalized spacial score (nSPS) is 21.8. The third-order valence-corrected chi connectivity index (χ3v) is 3.62. The Morgan fingerprint density at radius 1 is 1.40 bits per heavy atom. The first kappa shape index (κ1) is 13.0. The molecule has 0 aromatic carbocycles. The third kappa shape index (κ3) is 2.64. The van der Waals surface area contributed by atoms with Crippen LogP contribution in [0.4, 0.5) is 8.78 Å². The molecule has 1 aliphatic rings. The molecule has 0 N–H and O–H groups in total. The molecule has 0 amide bonds. The first-order valence-electron chi connectivity index (χ1n) is 6.55. The van der Waals surface area contributed by atoms with Gasteiger partial charge in [-0.05, 0) is 12.8 Å². The Bertz CT molecular complexity index is 649. The first-order chi connectivity index (χ1) is 9.53. The number of hydrogen-bond donors (Lipinski definition) is 0. The van der Waals surface area contributed by atoms with Crippen LogP contribution >= 0.6 is 0 Å². The molecule has 1 aliphatic carbocycles. The lowest BCUT2D eigenvalue weighted by atomic mass is 9.85. The molecule has 1 fully saturated rings. The fourth-order valence-electron chi connectivity index (χ4n) is 2.66. The van der Waals surface area contributed by atoms with Gasteiger partial charge in [0.05, 0.1) is 12.0 Å². The number of alkyl halides is 2. The van der Waals surface area contributed by atoms with E-state index in [0.717, 1.165) is 0 Å². The van der Waals surface area contributed by atoms with Gasteiger partial charge in [-0.1, -0.05) is 0 Å². The maximum atomic E-state index is 13.5. The summed E-state index contributed by atoms with van der Waals surface area (Å²) < 4.78 is 33.7. The van der Waals surface area contributed by atoms with E-state index < -0.39 is 17.5 Å². The lowest BCUT2D eigenvalue weighted by molar-refractivity contribution is -0.0432. The molecule has 1 saturated carbocycles. The summed E-state index contributed by atoms with van der Waals surface area (Å²) in [6, 6.07) is 2.97. The predicted molar refractivity (Wildman–Crippen MR) is 68.3 cm³/mol. The summed E-state index contributed by atoms with van der Waals surface area (Å²) >= 11 is 0. The predicted octanol–water partition coefficient (Wildman–Crippen LogP) is 3.12. The number of aromatic nitrogens is 2. The highest BCUT2D eigenvalue weighted by molar-refractivity contribution is 5.31. The van der Waals surface area contributed by atoms with Crippen molar-refractivity contribution < 1.29 is 13.2 Å². The van der Waals surface area contributed by atoms with E-state index in [0.29, 0.717) is 24.3 Å². The molecule has 2 aromatic rings. The van der Waals surface area contributed by atoms with E-state index in [-0.39, 0.29) is 12.8 Å². The molecule has 6 heteroatoms. The van der Waals surface area contributed by atoms with Crippen LogP contribution in [0.2, 0.25) is 0 Å². The monoisotopic (exact) mass is 280 g/mol. The summed E-state index contributed by atoms with van der Waals surface area (Å²) in [6.07, 6.45) is 5.53. The van der Waals surface area contributed by atoms with Crippen molar-refractivity contribution in [2.24, 2.45) is 0 Å². The van der Waals surface area contributed by atoms with Crippen LogP contribution in [0.1, 0.15) is 37.4 Å². The van der Waals surface area contributed by atoms with Crippen molar-refractivity contribution in [1.82, 2.24) is 9.55 Å². The van der Waals surface area contributed by atoms with E-state index in [1.54, 1.807) is 29.4 Å². The number of nitrogens with zero attached hydrogens (tertiary/aromatic N) is 2. The molecule has 106 valence electrons. The van der Waals surface area contributed by atoms with Crippen LogP contribution < -0.4 is 5.63 Å². The van der Waals surface area contributed by atoms with E-state index >= 15 is 0 Å². The Balaban J connectivity index is 1.96. The van der Waals surface area contributed by atoms with E-state index in [9.17, 15) is 13.6 Å². The summed E-state index contributed by atoms with van der Waals surface area (Å²) in [7, 11) is 0. The number of hydrogen-bond acceptors (Lipinski definition) is 3. The summed E-state index contributed by atoms with van der Waals surface area (Å²) in [5.74, 6) is -2.75. The second kappa shape index (κ2) is 4.85. The molecule has 0 spiro atoms. The zero-order valence-electron chi connectivity index (χ0n) is 10.8. The van der Waals surface area contributed by atoms with Gasteiger partial charge in [-0.15, -0.1) is 0 Å². The average Bonchev–Trinajstić information content (AvgIpc) is 2.90. The van der Waals surface area contributed by atoms with Crippen molar-refractivity contribution in [3.05, 3.63) is 47.0 Å². The summed E-state index contributed by atoms with van der Waals surface area (Å²) in [4.78, 5) is 15.5. The number of rotatable bonds is 2. The molecule has 4 nitrogen and oxygen atoms in total. The second-order valence-corrected chi connectivity index (χ2v) is 5.16. The van der Waals surface area contributed by atoms with Crippen LogP contribution in [0, 0.1) is 0 Å². The van der Waals surface area contributed by atoms with Gasteiger partial charge in [-0.2, -0.15) is 0 Å². The van der Waals surface area contributed by atoms with Gasteiger partial charge in [0, 0.05) is 43.3 Å². The van der Waals surface area contributed by atoms with E-state index in [4.69, 9.17) is 4.42 Å². The van der Waals surface area contributed by atoms with Crippen LogP contribution in [-0.2, 0) is 0 Å². The first-order valence-corrected chi connectivity index (χ1v) is 6.55. The van der Waals surface area contributed by atoms with E-state index in [1.165, 1.54) is 6.07 Å². The minimum Gasteiger partial charge on any atom is -0.427 e. The van der Waals surface area contributed by atoms with Gasteiger partial charge in [0.2, 0.25) is 5.92 Å². The Hall–Kier alpha value is -1.98. The molecule has 20 heavy (non-hydrogen) atoms. The zero-order valence-corrected chi connectivity index (χ0v) is 10.8. The Labute approximate surface area is 114 Å². The third-order valence-electron chi connectivity index (χ3n) is 3.62. The van der Waals surface area contributed by atoms with Crippen molar-refractivity contribution in [2.45, 2.75) is 37.5 Å². The minimum atomic E-state index is -2.67. The van der Waals surface area contributed by atoms with Crippen molar-refractivity contribution >= 4 is 0 Å². The maximum absolute atomic E-state index is 13.5. The molecule has 1 atom stereocenters. The number of halogens is 2. The minimum absolute atomic E-state index is 0.0883. The van der Waals surface area contributed by atoms with Crippen molar-refractivity contribution in [1.29, 1.82) is 0 Å². The van der Waals surface area contributed by atoms with Gasteiger partial charge in [0.25, 0.3) is 0 Å². The molecular formula is C14H14F2N2O2. The van der Waals surface area contributed by atoms with E-state index in [1.807, 2.05) is 0 Å².